The van der Waals surface area contributed by atoms with E-state index in [1.807, 2.05) is 16.9 Å². The summed E-state index contributed by atoms with van der Waals surface area (Å²) in [6.07, 6.45) is 7.40. The van der Waals surface area contributed by atoms with Crippen molar-refractivity contribution in [3.8, 4) is 0 Å². The van der Waals surface area contributed by atoms with Crippen molar-refractivity contribution in [2.24, 2.45) is 0 Å². The first-order chi connectivity index (χ1) is 16.8. The molecule has 0 amide bonds. The molecule has 3 aromatic heterocycles. The fraction of sp³-hybridized carbons (Fsp3) is 0.667. The highest BCUT2D eigenvalue weighted by Crippen LogP contribution is 2.43. The first kappa shape index (κ1) is 26.8. The normalized spacial score (nSPS) is 19.4. The Labute approximate surface area is 216 Å². The molecule has 0 bridgehead atoms. The van der Waals surface area contributed by atoms with Crippen LogP contribution in [0.15, 0.2) is 24.5 Å². The van der Waals surface area contributed by atoms with E-state index in [4.69, 9.17) is 14.3 Å². The van der Waals surface area contributed by atoms with E-state index >= 15 is 0 Å². The van der Waals surface area contributed by atoms with Gasteiger partial charge in [-0.05, 0) is 64.2 Å². The zero-order chi connectivity index (χ0) is 26.3. The summed E-state index contributed by atoms with van der Waals surface area (Å²) in [6.45, 7) is 19.5. The van der Waals surface area contributed by atoms with Gasteiger partial charge < -0.3 is 14.5 Å². The molecule has 0 aliphatic heterocycles. The molecule has 0 aromatic carbocycles. The third kappa shape index (κ3) is 5.68. The van der Waals surface area contributed by atoms with Crippen molar-refractivity contribution in [2.45, 2.75) is 103 Å². The highest BCUT2D eigenvalue weighted by atomic mass is 28.4. The Bertz CT molecular complexity index is 1190. The number of ether oxygens (including phenoxy) is 1. The van der Waals surface area contributed by atoms with Crippen molar-refractivity contribution < 1.29 is 9.16 Å². The molecule has 36 heavy (non-hydrogen) atoms. The summed E-state index contributed by atoms with van der Waals surface area (Å²) in [6, 6.07) is 4.15. The number of methoxy groups -OCH3 is 1. The third-order valence-corrected chi connectivity index (χ3v) is 12.2. The van der Waals surface area contributed by atoms with E-state index in [1.54, 1.807) is 13.3 Å². The van der Waals surface area contributed by atoms with Crippen molar-refractivity contribution in [1.82, 2.24) is 24.5 Å². The van der Waals surface area contributed by atoms with Gasteiger partial charge in [-0.25, -0.2) is 9.67 Å². The van der Waals surface area contributed by atoms with Crippen LogP contribution in [-0.2, 0) is 21.2 Å². The van der Waals surface area contributed by atoms with Crippen LogP contribution in [0.3, 0.4) is 0 Å². The van der Waals surface area contributed by atoms with E-state index in [9.17, 15) is 0 Å². The number of fused-ring (bicyclic) bond motifs is 1. The van der Waals surface area contributed by atoms with Gasteiger partial charge in [0.15, 0.2) is 8.32 Å². The van der Waals surface area contributed by atoms with Crippen molar-refractivity contribution in [3.05, 3.63) is 30.2 Å². The van der Waals surface area contributed by atoms with Crippen molar-refractivity contribution in [2.75, 3.05) is 19.0 Å². The van der Waals surface area contributed by atoms with E-state index in [0.29, 0.717) is 25.2 Å². The zero-order valence-electron chi connectivity index (χ0n) is 23.6. The van der Waals surface area contributed by atoms with Crippen molar-refractivity contribution >= 4 is 30.9 Å². The Kier molecular flexibility index (Phi) is 7.38. The van der Waals surface area contributed by atoms with E-state index < -0.39 is 8.32 Å². The van der Waals surface area contributed by atoms with Crippen LogP contribution in [0, 0.1) is 0 Å². The molecule has 2 atom stereocenters. The largest absolute Gasteiger partial charge is 0.414 e. The van der Waals surface area contributed by atoms with Crippen LogP contribution in [0.25, 0.3) is 10.9 Å². The van der Waals surface area contributed by atoms with Crippen LogP contribution in [-0.4, -0.2) is 52.7 Å². The maximum absolute atomic E-state index is 6.75. The Morgan fingerprint density at radius 3 is 2.53 bits per heavy atom. The standard InChI is InChI=1S/C27H44N6O2Si/c1-26(2,3)33-24(29-25-21-18-32(14-15-34-7)30-22(21)12-13-28-25)17-23(31-33)19-10-11-20(16-19)35-36(8,9)27(4,5)6/h12-13,17-20H,10-11,14-16H2,1-9H3,(H,28,29)/t19-,20+/m0/s1. The van der Waals surface area contributed by atoms with Gasteiger partial charge in [0.25, 0.3) is 0 Å². The van der Waals surface area contributed by atoms with Crippen LogP contribution < -0.4 is 5.32 Å². The second-order valence-electron chi connectivity index (χ2n) is 12.6. The van der Waals surface area contributed by atoms with E-state index in [1.165, 1.54) is 0 Å². The molecule has 0 unspecified atom stereocenters. The highest BCUT2D eigenvalue weighted by Gasteiger charge is 2.41. The molecule has 1 N–H and O–H groups in total. The Morgan fingerprint density at radius 1 is 1.11 bits per heavy atom. The third-order valence-electron chi connectivity index (χ3n) is 7.69. The topological polar surface area (TPSA) is 79.0 Å². The van der Waals surface area contributed by atoms with Gasteiger partial charge in [0.1, 0.15) is 11.6 Å². The molecule has 4 rings (SSSR count). The van der Waals surface area contributed by atoms with Crippen molar-refractivity contribution in [1.29, 1.82) is 0 Å². The van der Waals surface area contributed by atoms with Gasteiger partial charge in [-0.1, -0.05) is 20.8 Å². The fourth-order valence-corrected chi connectivity index (χ4v) is 6.02. The minimum absolute atomic E-state index is 0.174. The summed E-state index contributed by atoms with van der Waals surface area (Å²) < 4.78 is 16.0. The van der Waals surface area contributed by atoms with Gasteiger partial charge >= 0.3 is 0 Å². The Balaban J connectivity index is 1.58. The molecule has 1 saturated carbocycles. The number of nitrogens with one attached hydrogen (secondary N) is 1. The summed E-state index contributed by atoms with van der Waals surface area (Å²) in [5.41, 5.74) is 1.87. The quantitative estimate of drug-likeness (QED) is 0.350. The molecular weight excluding hydrogens is 468 g/mol. The molecule has 3 aromatic rings. The Morgan fingerprint density at radius 2 is 1.86 bits per heavy atom. The summed E-state index contributed by atoms with van der Waals surface area (Å²) in [4.78, 5) is 4.65. The average Bonchev–Trinajstić information content (AvgIpc) is 3.49. The van der Waals surface area contributed by atoms with Gasteiger partial charge in [0.05, 0.1) is 35.3 Å². The monoisotopic (exact) mass is 512 g/mol. The second-order valence-corrected chi connectivity index (χ2v) is 17.4. The van der Waals surface area contributed by atoms with Gasteiger partial charge in [0.2, 0.25) is 0 Å². The second kappa shape index (κ2) is 9.91. The van der Waals surface area contributed by atoms with Crippen molar-refractivity contribution in [3.63, 3.8) is 0 Å². The molecule has 198 valence electrons. The van der Waals surface area contributed by atoms with Gasteiger partial charge in [0, 0.05) is 37.6 Å². The Hall–Kier alpha value is -2.23. The summed E-state index contributed by atoms with van der Waals surface area (Å²) >= 11 is 0. The molecule has 1 aliphatic carbocycles. The van der Waals surface area contributed by atoms with Gasteiger partial charge in [-0.15, -0.1) is 0 Å². The first-order valence-corrected chi connectivity index (χ1v) is 16.1. The molecule has 8 nitrogen and oxygen atoms in total. The van der Waals surface area contributed by atoms with E-state index in [2.05, 4.69) is 80.8 Å². The molecule has 0 saturated heterocycles. The first-order valence-electron chi connectivity index (χ1n) is 13.1. The average molecular weight is 513 g/mol. The maximum atomic E-state index is 6.75. The SMILES string of the molecule is COCCn1cc2c(Nc3cc([C@H]4CC[C@@H](O[Si](C)(C)C(C)(C)C)C4)nn3C(C)(C)C)nccc2n1. The van der Waals surface area contributed by atoms with Crippen LogP contribution in [0.4, 0.5) is 11.6 Å². The minimum atomic E-state index is -1.78. The number of nitrogens with zero attached hydrogens (tertiary/aromatic N) is 5. The molecule has 1 fully saturated rings. The lowest BCUT2D eigenvalue weighted by Gasteiger charge is -2.38. The molecule has 3 heterocycles. The van der Waals surface area contributed by atoms with E-state index in [0.717, 1.165) is 47.5 Å². The van der Waals surface area contributed by atoms with Gasteiger partial charge in [-0.2, -0.15) is 10.2 Å². The molecule has 0 spiro atoms. The van der Waals surface area contributed by atoms with Crippen LogP contribution in [0.1, 0.15) is 72.4 Å². The minimum Gasteiger partial charge on any atom is -0.414 e. The molecule has 9 heteroatoms. The number of pyridine rings is 1. The van der Waals surface area contributed by atoms with E-state index in [-0.39, 0.29) is 10.6 Å². The lowest BCUT2D eigenvalue weighted by atomic mass is 10.0. The lowest BCUT2D eigenvalue weighted by Crippen LogP contribution is -2.43. The van der Waals surface area contributed by atoms with Crippen LogP contribution >= 0.6 is 0 Å². The predicted octanol–water partition coefficient (Wildman–Crippen LogP) is 6.43. The fourth-order valence-electron chi connectivity index (χ4n) is 4.62. The van der Waals surface area contributed by atoms with Crippen LogP contribution in [0.5, 0.6) is 0 Å². The number of hydrogen-bond donors (Lipinski definition) is 1. The predicted molar refractivity (Wildman–Crippen MR) is 149 cm³/mol. The highest BCUT2D eigenvalue weighted by molar-refractivity contribution is 6.74. The lowest BCUT2D eigenvalue weighted by molar-refractivity contribution is 0.184. The van der Waals surface area contributed by atoms with Gasteiger partial charge in [-0.3, -0.25) is 4.68 Å². The number of anilines is 2. The number of hydrogen-bond acceptors (Lipinski definition) is 6. The number of aromatic nitrogens is 5. The summed E-state index contributed by atoms with van der Waals surface area (Å²) in [5, 5.41) is 14.6. The molecular formula is C27H44N6O2Si. The number of rotatable bonds is 8. The zero-order valence-corrected chi connectivity index (χ0v) is 24.6. The maximum Gasteiger partial charge on any atom is 0.192 e. The summed E-state index contributed by atoms with van der Waals surface area (Å²) in [7, 11) is -0.0784. The smallest absolute Gasteiger partial charge is 0.192 e. The van der Waals surface area contributed by atoms with Crippen LogP contribution in [0.2, 0.25) is 18.1 Å². The summed E-state index contributed by atoms with van der Waals surface area (Å²) in [5.74, 6) is 2.15. The molecule has 0 radical (unpaired) electrons. The molecule has 1 aliphatic rings.